The van der Waals surface area contributed by atoms with Crippen molar-refractivity contribution < 1.29 is 8.42 Å². The van der Waals surface area contributed by atoms with Crippen molar-refractivity contribution in [2.45, 2.75) is 31.6 Å². The topological polar surface area (TPSA) is 70.6 Å². The molecule has 1 rings (SSSR count). The Morgan fingerprint density at radius 1 is 1.13 bits per heavy atom. The zero-order chi connectivity index (χ0) is 16.4. The molecule has 0 heterocycles. The Hall–Kier alpha value is -0.830. The van der Waals surface area contributed by atoms with Gasteiger partial charge in [0.1, 0.15) is 0 Å². The highest BCUT2D eigenvalue weighted by molar-refractivity contribution is 14.0. The van der Waals surface area contributed by atoms with Crippen molar-refractivity contribution >= 4 is 39.8 Å². The molecular formula is C16H28IN3O2S. The number of hydrogen-bond donors (Lipinski definition) is 2. The van der Waals surface area contributed by atoms with Gasteiger partial charge < -0.3 is 10.6 Å². The van der Waals surface area contributed by atoms with Gasteiger partial charge in [-0.15, -0.1) is 24.0 Å². The molecule has 0 radical (unpaired) electrons. The molecule has 0 saturated heterocycles. The lowest BCUT2D eigenvalue weighted by Crippen LogP contribution is -2.41. The largest absolute Gasteiger partial charge is 0.356 e. The Kier molecular flexibility index (Phi) is 11.2. The predicted molar refractivity (Wildman–Crippen MR) is 107 cm³/mol. The molecule has 0 unspecified atom stereocenters. The molecule has 0 aliphatic heterocycles. The summed E-state index contributed by atoms with van der Waals surface area (Å²) in [5.74, 6) is 1.30. The maximum atomic E-state index is 12.2. The molecule has 0 amide bonds. The maximum absolute atomic E-state index is 12.2. The van der Waals surface area contributed by atoms with E-state index in [1.165, 1.54) is 0 Å². The SMILES string of the molecule is CCC(CC)CNC(=NC)NCCS(=O)(=O)c1ccccc1.I. The van der Waals surface area contributed by atoms with E-state index in [1.54, 1.807) is 37.4 Å². The van der Waals surface area contributed by atoms with E-state index in [0.29, 0.717) is 23.3 Å². The lowest BCUT2D eigenvalue weighted by atomic mass is 10.0. The summed E-state index contributed by atoms with van der Waals surface area (Å²) in [6, 6.07) is 8.51. The first-order chi connectivity index (χ1) is 10.5. The van der Waals surface area contributed by atoms with Gasteiger partial charge in [0, 0.05) is 20.1 Å². The fourth-order valence-electron chi connectivity index (χ4n) is 2.09. The summed E-state index contributed by atoms with van der Waals surface area (Å²) in [5, 5.41) is 6.30. The molecule has 0 spiro atoms. The molecule has 23 heavy (non-hydrogen) atoms. The number of halogens is 1. The summed E-state index contributed by atoms with van der Waals surface area (Å²) in [5.41, 5.74) is 0. The van der Waals surface area contributed by atoms with Crippen LogP contribution in [0.3, 0.4) is 0 Å². The average molecular weight is 453 g/mol. The van der Waals surface area contributed by atoms with E-state index in [0.717, 1.165) is 19.4 Å². The average Bonchev–Trinajstić information content (AvgIpc) is 2.54. The second-order valence-electron chi connectivity index (χ2n) is 5.19. The molecule has 0 aromatic heterocycles. The first-order valence-corrected chi connectivity index (χ1v) is 9.41. The van der Waals surface area contributed by atoms with Crippen molar-refractivity contribution in [3.8, 4) is 0 Å². The van der Waals surface area contributed by atoms with Gasteiger partial charge in [-0.1, -0.05) is 44.9 Å². The Morgan fingerprint density at radius 2 is 1.74 bits per heavy atom. The molecule has 0 atom stereocenters. The van der Waals surface area contributed by atoms with E-state index in [4.69, 9.17) is 0 Å². The minimum atomic E-state index is -3.25. The van der Waals surface area contributed by atoms with Crippen molar-refractivity contribution in [2.75, 3.05) is 25.9 Å². The van der Waals surface area contributed by atoms with Crippen LogP contribution in [0, 0.1) is 5.92 Å². The summed E-state index contributed by atoms with van der Waals surface area (Å²) in [6.45, 7) is 5.51. The van der Waals surface area contributed by atoms with E-state index >= 15 is 0 Å². The van der Waals surface area contributed by atoms with Crippen LogP contribution in [-0.2, 0) is 9.84 Å². The second kappa shape index (κ2) is 11.7. The fraction of sp³-hybridized carbons (Fsp3) is 0.562. The van der Waals surface area contributed by atoms with Gasteiger partial charge in [-0.2, -0.15) is 0 Å². The first-order valence-electron chi connectivity index (χ1n) is 7.75. The number of benzene rings is 1. The van der Waals surface area contributed by atoms with Crippen LogP contribution in [-0.4, -0.2) is 40.3 Å². The van der Waals surface area contributed by atoms with E-state index in [2.05, 4.69) is 29.5 Å². The van der Waals surface area contributed by atoms with Gasteiger partial charge in [-0.3, -0.25) is 4.99 Å². The Balaban J connectivity index is 0.00000484. The van der Waals surface area contributed by atoms with Crippen LogP contribution in [0.15, 0.2) is 40.2 Å². The van der Waals surface area contributed by atoms with E-state index < -0.39 is 9.84 Å². The Morgan fingerprint density at radius 3 is 2.26 bits per heavy atom. The van der Waals surface area contributed by atoms with Crippen LogP contribution in [0.5, 0.6) is 0 Å². The van der Waals surface area contributed by atoms with Crippen LogP contribution in [0.2, 0.25) is 0 Å². The van der Waals surface area contributed by atoms with Crippen LogP contribution in [0.25, 0.3) is 0 Å². The minimum absolute atomic E-state index is 0. The fourth-order valence-corrected chi connectivity index (χ4v) is 3.27. The summed E-state index contributed by atoms with van der Waals surface area (Å²) in [4.78, 5) is 4.48. The smallest absolute Gasteiger partial charge is 0.191 e. The van der Waals surface area contributed by atoms with Crippen LogP contribution in [0.1, 0.15) is 26.7 Å². The van der Waals surface area contributed by atoms with Crippen LogP contribution < -0.4 is 10.6 Å². The highest BCUT2D eigenvalue weighted by Gasteiger charge is 2.13. The third-order valence-electron chi connectivity index (χ3n) is 3.70. The number of guanidine groups is 1. The molecule has 0 fully saturated rings. The summed E-state index contributed by atoms with van der Waals surface area (Å²) in [7, 11) is -1.56. The third kappa shape index (κ3) is 8.01. The number of nitrogens with one attached hydrogen (secondary N) is 2. The van der Waals surface area contributed by atoms with Crippen molar-refractivity contribution in [3.05, 3.63) is 30.3 Å². The van der Waals surface area contributed by atoms with Gasteiger partial charge in [-0.05, 0) is 18.1 Å². The summed E-state index contributed by atoms with van der Waals surface area (Å²) < 4.78 is 24.3. The molecule has 5 nitrogen and oxygen atoms in total. The van der Waals surface area contributed by atoms with Gasteiger partial charge >= 0.3 is 0 Å². The Bertz CT molecular complexity index is 558. The molecule has 0 aliphatic rings. The van der Waals surface area contributed by atoms with Crippen molar-refractivity contribution in [1.82, 2.24) is 10.6 Å². The monoisotopic (exact) mass is 453 g/mol. The quantitative estimate of drug-likeness (QED) is 0.361. The van der Waals surface area contributed by atoms with Crippen LogP contribution in [0.4, 0.5) is 0 Å². The number of hydrogen-bond acceptors (Lipinski definition) is 3. The standard InChI is InChI=1S/C16H27N3O2S.HI/c1-4-14(5-2)13-19-16(17-3)18-11-12-22(20,21)15-9-7-6-8-10-15;/h6-10,14H,4-5,11-13H2,1-3H3,(H2,17,18,19);1H. The molecule has 132 valence electrons. The van der Waals surface area contributed by atoms with Gasteiger partial charge in [-0.25, -0.2) is 8.42 Å². The van der Waals surface area contributed by atoms with Crippen LogP contribution >= 0.6 is 24.0 Å². The zero-order valence-corrected chi connectivity index (χ0v) is 17.2. The molecule has 0 saturated carbocycles. The van der Waals surface area contributed by atoms with E-state index in [9.17, 15) is 8.42 Å². The molecule has 1 aromatic rings. The zero-order valence-electron chi connectivity index (χ0n) is 14.1. The summed E-state index contributed by atoms with van der Waals surface area (Å²) in [6.07, 6.45) is 2.23. The minimum Gasteiger partial charge on any atom is -0.356 e. The molecular weight excluding hydrogens is 425 g/mol. The number of aliphatic imine (C=N–C) groups is 1. The summed E-state index contributed by atoms with van der Waals surface area (Å²) >= 11 is 0. The van der Waals surface area contributed by atoms with Crippen molar-refractivity contribution in [2.24, 2.45) is 10.9 Å². The van der Waals surface area contributed by atoms with E-state index in [1.807, 2.05) is 0 Å². The highest BCUT2D eigenvalue weighted by atomic mass is 127. The third-order valence-corrected chi connectivity index (χ3v) is 5.43. The molecule has 2 N–H and O–H groups in total. The number of nitrogens with zero attached hydrogens (tertiary/aromatic N) is 1. The number of sulfone groups is 1. The second-order valence-corrected chi connectivity index (χ2v) is 7.30. The molecule has 0 bridgehead atoms. The predicted octanol–water partition coefficient (Wildman–Crippen LogP) is 2.68. The normalized spacial score (nSPS) is 11.9. The number of rotatable bonds is 8. The lowest BCUT2D eigenvalue weighted by molar-refractivity contribution is 0.481. The van der Waals surface area contributed by atoms with Gasteiger partial charge in [0.2, 0.25) is 0 Å². The highest BCUT2D eigenvalue weighted by Crippen LogP contribution is 2.09. The molecule has 7 heteroatoms. The first kappa shape index (κ1) is 22.2. The van der Waals surface area contributed by atoms with Gasteiger partial charge in [0.15, 0.2) is 15.8 Å². The molecule has 0 aliphatic carbocycles. The van der Waals surface area contributed by atoms with Gasteiger partial charge in [0.25, 0.3) is 0 Å². The lowest BCUT2D eigenvalue weighted by Gasteiger charge is -2.16. The van der Waals surface area contributed by atoms with Gasteiger partial charge in [0.05, 0.1) is 10.6 Å². The Labute approximate surface area is 157 Å². The van der Waals surface area contributed by atoms with Crippen molar-refractivity contribution in [1.29, 1.82) is 0 Å². The van der Waals surface area contributed by atoms with E-state index in [-0.39, 0.29) is 29.7 Å². The maximum Gasteiger partial charge on any atom is 0.191 e. The van der Waals surface area contributed by atoms with Crippen molar-refractivity contribution in [3.63, 3.8) is 0 Å². The molecule has 1 aromatic carbocycles.